The average molecular weight is 395 g/mol. The van der Waals surface area contributed by atoms with E-state index in [0.29, 0.717) is 42.9 Å². The summed E-state index contributed by atoms with van der Waals surface area (Å²) < 4.78 is 11.3. The number of nitrogens with one attached hydrogen (secondary N) is 1. The lowest BCUT2D eigenvalue weighted by Gasteiger charge is -2.33. The monoisotopic (exact) mass is 394 g/mol. The summed E-state index contributed by atoms with van der Waals surface area (Å²) in [6.45, 7) is 2.28. The first-order valence-corrected chi connectivity index (χ1v) is 9.15. The number of morpholine rings is 1. The number of ether oxygens (including phenoxy) is 2. The molecular formula is C19H20Cl2N2O3. The number of halogens is 2. The third kappa shape index (κ3) is 5.27. The Labute approximate surface area is 162 Å². The van der Waals surface area contributed by atoms with E-state index in [1.54, 1.807) is 11.0 Å². The van der Waals surface area contributed by atoms with Crippen molar-refractivity contribution in [2.45, 2.75) is 6.10 Å². The van der Waals surface area contributed by atoms with Crippen LogP contribution in [0.15, 0.2) is 48.5 Å². The fourth-order valence-corrected chi connectivity index (χ4v) is 3.29. The Kier molecular flexibility index (Phi) is 6.61. The summed E-state index contributed by atoms with van der Waals surface area (Å²) in [7, 11) is 0. The average Bonchev–Trinajstić information content (AvgIpc) is 2.65. The molecule has 3 rings (SSSR count). The third-order valence-corrected chi connectivity index (χ3v) is 4.44. The summed E-state index contributed by atoms with van der Waals surface area (Å²) in [5, 5.41) is 3.97. The van der Waals surface area contributed by atoms with Gasteiger partial charge in [0.2, 0.25) is 0 Å². The number of hydrogen-bond acceptors (Lipinski definition) is 3. The van der Waals surface area contributed by atoms with Crippen LogP contribution in [-0.2, 0) is 4.74 Å². The first-order valence-electron chi connectivity index (χ1n) is 8.40. The number of para-hydroxylation sites is 1. The Balaban J connectivity index is 1.48. The highest BCUT2D eigenvalue weighted by Crippen LogP contribution is 2.28. The van der Waals surface area contributed by atoms with E-state index in [2.05, 4.69) is 5.32 Å². The van der Waals surface area contributed by atoms with Gasteiger partial charge in [-0.05, 0) is 35.9 Å². The summed E-state index contributed by atoms with van der Waals surface area (Å²) in [6.07, 6.45) is -0.244. The topological polar surface area (TPSA) is 50.8 Å². The fraction of sp³-hybridized carbons (Fsp3) is 0.316. The number of hydrogen-bond donors (Lipinski definition) is 1. The second-order valence-electron chi connectivity index (χ2n) is 5.90. The summed E-state index contributed by atoms with van der Waals surface area (Å²) in [5.74, 6) is 0.783. The Morgan fingerprint density at radius 3 is 2.65 bits per heavy atom. The molecule has 0 spiro atoms. The van der Waals surface area contributed by atoms with E-state index in [1.165, 1.54) is 0 Å². The van der Waals surface area contributed by atoms with Crippen LogP contribution >= 0.6 is 23.2 Å². The van der Waals surface area contributed by atoms with Gasteiger partial charge in [0, 0.05) is 16.6 Å². The van der Waals surface area contributed by atoms with Gasteiger partial charge in [-0.3, -0.25) is 0 Å². The molecule has 5 nitrogen and oxygen atoms in total. The minimum absolute atomic E-state index is 0.136. The van der Waals surface area contributed by atoms with Gasteiger partial charge < -0.3 is 19.7 Å². The lowest BCUT2D eigenvalue weighted by molar-refractivity contribution is -0.0154. The maximum Gasteiger partial charge on any atom is 0.317 e. The number of carbonyl (C=O) groups excluding carboxylic acids is 1. The smallest absolute Gasteiger partial charge is 0.317 e. The molecule has 0 radical (unpaired) electrons. The largest absolute Gasteiger partial charge is 0.492 e. The Bertz CT molecular complexity index is 723. The molecule has 1 atom stereocenters. The Morgan fingerprint density at radius 1 is 1.19 bits per heavy atom. The first-order chi connectivity index (χ1) is 12.6. The van der Waals surface area contributed by atoms with E-state index in [0.717, 1.165) is 11.3 Å². The van der Waals surface area contributed by atoms with Gasteiger partial charge in [0.15, 0.2) is 0 Å². The summed E-state index contributed by atoms with van der Waals surface area (Å²) in [4.78, 5) is 14.1. The minimum atomic E-state index is -0.244. The number of carbonyl (C=O) groups is 1. The summed E-state index contributed by atoms with van der Waals surface area (Å²) in [5.41, 5.74) is 0.868. The van der Waals surface area contributed by atoms with Gasteiger partial charge in [0.25, 0.3) is 0 Å². The molecule has 2 aromatic rings. The molecule has 7 heteroatoms. The second-order valence-corrected chi connectivity index (χ2v) is 6.77. The van der Waals surface area contributed by atoms with Crippen molar-refractivity contribution < 1.29 is 14.3 Å². The molecule has 0 aliphatic carbocycles. The highest BCUT2D eigenvalue weighted by Gasteiger charge is 2.25. The summed E-state index contributed by atoms with van der Waals surface area (Å²) >= 11 is 12.1. The highest BCUT2D eigenvalue weighted by atomic mass is 35.5. The molecule has 0 saturated carbocycles. The maximum absolute atomic E-state index is 12.4. The second kappa shape index (κ2) is 9.12. The number of urea groups is 1. The van der Waals surface area contributed by atoms with Crippen molar-refractivity contribution in [2.24, 2.45) is 0 Å². The van der Waals surface area contributed by atoms with Crippen molar-refractivity contribution in [1.82, 2.24) is 10.2 Å². The molecule has 2 aromatic carbocycles. The van der Waals surface area contributed by atoms with E-state index in [1.807, 2.05) is 42.5 Å². The molecule has 1 heterocycles. The van der Waals surface area contributed by atoms with Gasteiger partial charge in [0.05, 0.1) is 19.7 Å². The van der Waals surface area contributed by atoms with Crippen LogP contribution in [0.4, 0.5) is 4.79 Å². The van der Waals surface area contributed by atoms with E-state index in [9.17, 15) is 4.79 Å². The standard InChI is InChI=1S/C19H20Cl2N2O3/c20-15-10-14(11-16(21)12-15)18-13-23(7-9-26-18)19(24)22-6-8-25-17-4-2-1-3-5-17/h1-5,10-12,18H,6-9,13H2,(H,22,24)/t18-/m0/s1. The van der Waals surface area contributed by atoms with Crippen molar-refractivity contribution in [3.63, 3.8) is 0 Å². The molecular weight excluding hydrogens is 375 g/mol. The normalized spacial score (nSPS) is 17.0. The van der Waals surface area contributed by atoms with Crippen molar-refractivity contribution in [2.75, 3.05) is 32.8 Å². The molecule has 0 bridgehead atoms. The zero-order valence-electron chi connectivity index (χ0n) is 14.2. The van der Waals surface area contributed by atoms with Crippen LogP contribution in [0.25, 0.3) is 0 Å². The van der Waals surface area contributed by atoms with Crippen molar-refractivity contribution >= 4 is 29.2 Å². The van der Waals surface area contributed by atoms with Gasteiger partial charge in [-0.25, -0.2) is 4.79 Å². The number of benzene rings is 2. The maximum atomic E-state index is 12.4. The van der Waals surface area contributed by atoms with Crippen LogP contribution in [0.2, 0.25) is 10.0 Å². The predicted octanol–water partition coefficient (Wildman–Crippen LogP) is 4.16. The van der Waals surface area contributed by atoms with Crippen molar-refractivity contribution in [3.05, 3.63) is 64.1 Å². The fourth-order valence-electron chi connectivity index (χ4n) is 2.75. The van der Waals surface area contributed by atoms with Crippen molar-refractivity contribution in [1.29, 1.82) is 0 Å². The van der Waals surface area contributed by atoms with E-state index >= 15 is 0 Å². The summed E-state index contributed by atoms with van der Waals surface area (Å²) in [6, 6.07) is 14.7. The molecule has 1 N–H and O–H groups in total. The van der Waals surface area contributed by atoms with Crippen molar-refractivity contribution in [3.8, 4) is 5.75 Å². The lowest BCUT2D eigenvalue weighted by Crippen LogP contribution is -2.47. The molecule has 138 valence electrons. The minimum Gasteiger partial charge on any atom is -0.492 e. The lowest BCUT2D eigenvalue weighted by atomic mass is 10.1. The van der Waals surface area contributed by atoms with Crippen LogP contribution in [-0.4, -0.2) is 43.8 Å². The predicted molar refractivity (Wildman–Crippen MR) is 102 cm³/mol. The van der Waals surface area contributed by atoms with E-state index in [4.69, 9.17) is 32.7 Å². The van der Waals surface area contributed by atoms with Gasteiger partial charge in [-0.1, -0.05) is 41.4 Å². The van der Waals surface area contributed by atoms with Crippen LogP contribution in [0.5, 0.6) is 5.75 Å². The zero-order chi connectivity index (χ0) is 18.4. The van der Waals surface area contributed by atoms with Crippen LogP contribution in [0.3, 0.4) is 0 Å². The van der Waals surface area contributed by atoms with Crippen LogP contribution in [0.1, 0.15) is 11.7 Å². The number of amides is 2. The number of nitrogens with zero attached hydrogens (tertiary/aromatic N) is 1. The van der Waals surface area contributed by atoms with E-state index < -0.39 is 0 Å². The molecule has 2 amide bonds. The van der Waals surface area contributed by atoms with Crippen LogP contribution in [0, 0.1) is 0 Å². The Morgan fingerprint density at radius 2 is 1.92 bits per heavy atom. The molecule has 1 aliphatic heterocycles. The molecule has 26 heavy (non-hydrogen) atoms. The van der Waals surface area contributed by atoms with Gasteiger partial charge in [-0.15, -0.1) is 0 Å². The molecule has 1 aliphatic rings. The first kappa shape index (κ1) is 18.8. The number of rotatable bonds is 5. The highest BCUT2D eigenvalue weighted by molar-refractivity contribution is 6.34. The molecule has 1 fully saturated rings. The van der Waals surface area contributed by atoms with E-state index in [-0.39, 0.29) is 12.1 Å². The SMILES string of the molecule is O=C(NCCOc1ccccc1)N1CCO[C@H](c2cc(Cl)cc(Cl)c2)C1. The zero-order valence-corrected chi connectivity index (χ0v) is 15.7. The van der Waals surface area contributed by atoms with Crippen LogP contribution < -0.4 is 10.1 Å². The van der Waals surface area contributed by atoms with Gasteiger partial charge in [-0.2, -0.15) is 0 Å². The van der Waals surface area contributed by atoms with Gasteiger partial charge in [0.1, 0.15) is 18.5 Å². The molecule has 1 saturated heterocycles. The molecule has 0 unspecified atom stereocenters. The quantitative estimate of drug-likeness (QED) is 0.774. The Hall–Kier alpha value is -1.95. The third-order valence-electron chi connectivity index (χ3n) is 4.00. The molecule has 0 aromatic heterocycles. The van der Waals surface area contributed by atoms with Gasteiger partial charge >= 0.3 is 6.03 Å².